The number of hydrogen-bond acceptors (Lipinski definition) is 2. The van der Waals surface area contributed by atoms with Crippen molar-refractivity contribution in [3.8, 4) is 67.1 Å². The highest BCUT2D eigenvalue weighted by Crippen LogP contribution is 2.52. The standard InChI is InChI=1S/C59H46O2/c1-4-43-54-35-39(58-50-19-11-7-15-46(50)56(47-16-8-12-20-51(47)58)37-23-29-41(30-24-37)60-5-2)27-33-44(54)45-34-28-40(36-55(43)45)59-52-21-13-9-17-48(52)57(49-18-10-14-22-53(49)59)38-25-31-42(32-26-38)61-6-3/h7-36,43H,4-6H2,1-3H3. The first-order chi connectivity index (χ1) is 30.1. The Morgan fingerprint density at radius 1 is 0.328 bits per heavy atom. The number of fused-ring (bicyclic) bond motifs is 7. The van der Waals surface area contributed by atoms with Gasteiger partial charge in [0.15, 0.2) is 0 Å². The zero-order valence-corrected chi connectivity index (χ0v) is 34.8. The molecule has 0 fully saturated rings. The van der Waals surface area contributed by atoms with E-state index in [0.29, 0.717) is 13.2 Å². The quantitative estimate of drug-likeness (QED) is 0.136. The molecule has 0 bridgehead atoms. The van der Waals surface area contributed by atoms with Gasteiger partial charge in [0.2, 0.25) is 0 Å². The Balaban J connectivity index is 1.05. The molecule has 294 valence electrons. The van der Waals surface area contributed by atoms with Crippen LogP contribution in [0, 0.1) is 0 Å². The maximum absolute atomic E-state index is 5.81. The molecular formula is C59H46O2. The van der Waals surface area contributed by atoms with E-state index in [1.807, 2.05) is 13.8 Å². The molecular weight excluding hydrogens is 741 g/mol. The van der Waals surface area contributed by atoms with Crippen LogP contribution in [0.4, 0.5) is 0 Å². The van der Waals surface area contributed by atoms with E-state index >= 15 is 0 Å². The average molecular weight is 787 g/mol. The fourth-order valence-corrected chi connectivity index (χ4v) is 10.4. The van der Waals surface area contributed by atoms with E-state index in [1.54, 1.807) is 0 Å². The summed E-state index contributed by atoms with van der Waals surface area (Å²) in [5.41, 5.74) is 15.5. The Kier molecular flexibility index (Phi) is 9.16. The van der Waals surface area contributed by atoms with E-state index < -0.39 is 0 Å². The molecule has 10 aromatic rings. The van der Waals surface area contributed by atoms with Gasteiger partial charge < -0.3 is 9.47 Å². The van der Waals surface area contributed by atoms with E-state index in [0.717, 1.165) is 17.9 Å². The molecule has 0 saturated carbocycles. The van der Waals surface area contributed by atoms with Gasteiger partial charge in [-0.15, -0.1) is 0 Å². The number of benzene rings is 10. The van der Waals surface area contributed by atoms with Crippen LogP contribution in [0.15, 0.2) is 182 Å². The predicted molar refractivity (Wildman–Crippen MR) is 258 cm³/mol. The number of ether oxygens (including phenoxy) is 2. The molecule has 1 aliphatic rings. The smallest absolute Gasteiger partial charge is 0.119 e. The molecule has 2 heteroatoms. The Morgan fingerprint density at radius 2 is 0.607 bits per heavy atom. The summed E-state index contributed by atoms with van der Waals surface area (Å²) in [6.45, 7) is 7.70. The van der Waals surface area contributed by atoms with Crippen molar-refractivity contribution in [1.82, 2.24) is 0 Å². The molecule has 0 amide bonds. The van der Waals surface area contributed by atoms with Gasteiger partial charge in [0.25, 0.3) is 0 Å². The second-order valence-electron chi connectivity index (χ2n) is 16.2. The third kappa shape index (κ3) is 6.00. The highest BCUT2D eigenvalue weighted by Gasteiger charge is 2.30. The normalized spacial score (nSPS) is 12.3. The second-order valence-corrected chi connectivity index (χ2v) is 16.2. The molecule has 0 unspecified atom stereocenters. The van der Waals surface area contributed by atoms with Gasteiger partial charge in [-0.05, 0) is 167 Å². The maximum Gasteiger partial charge on any atom is 0.119 e. The van der Waals surface area contributed by atoms with Crippen LogP contribution >= 0.6 is 0 Å². The summed E-state index contributed by atoms with van der Waals surface area (Å²) < 4.78 is 11.6. The lowest BCUT2D eigenvalue weighted by molar-refractivity contribution is 0.340. The molecule has 2 nitrogen and oxygen atoms in total. The summed E-state index contributed by atoms with van der Waals surface area (Å²) in [5.74, 6) is 2.08. The monoisotopic (exact) mass is 786 g/mol. The molecule has 61 heavy (non-hydrogen) atoms. The summed E-state index contributed by atoms with van der Waals surface area (Å²) >= 11 is 0. The first-order valence-electron chi connectivity index (χ1n) is 21.8. The van der Waals surface area contributed by atoms with Gasteiger partial charge in [-0.3, -0.25) is 0 Å². The van der Waals surface area contributed by atoms with Gasteiger partial charge in [-0.2, -0.15) is 0 Å². The predicted octanol–water partition coefficient (Wildman–Crippen LogP) is 16.3. The van der Waals surface area contributed by atoms with Crippen LogP contribution in [0.2, 0.25) is 0 Å². The fraction of sp³-hybridized carbons (Fsp3) is 0.119. The summed E-state index contributed by atoms with van der Waals surface area (Å²) in [5, 5.41) is 10.1. The van der Waals surface area contributed by atoms with Crippen LogP contribution in [0.3, 0.4) is 0 Å². The van der Waals surface area contributed by atoms with Crippen LogP contribution in [0.25, 0.3) is 98.7 Å². The van der Waals surface area contributed by atoms with Crippen molar-refractivity contribution in [2.45, 2.75) is 33.1 Å². The van der Waals surface area contributed by atoms with E-state index in [9.17, 15) is 0 Å². The van der Waals surface area contributed by atoms with Crippen molar-refractivity contribution in [1.29, 1.82) is 0 Å². The maximum atomic E-state index is 5.81. The zero-order chi connectivity index (χ0) is 41.0. The number of rotatable bonds is 9. The van der Waals surface area contributed by atoms with Crippen LogP contribution < -0.4 is 9.47 Å². The molecule has 0 aromatic heterocycles. The van der Waals surface area contributed by atoms with Gasteiger partial charge in [0, 0.05) is 5.92 Å². The lowest BCUT2D eigenvalue weighted by Gasteiger charge is -2.19. The Bertz CT molecular complexity index is 2970. The summed E-state index contributed by atoms with van der Waals surface area (Å²) in [4.78, 5) is 0. The van der Waals surface area contributed by atoms with Crippen LogP contribution in [-0.2, 0) is 0 Å². The third-order valence-electron chi connectivity index (χ3n) is 12.9. The molecule has 0 spiro atoms. The summed E-state index contributed by atoms with van der Waals surface area (Å²) in [6.07, 6.45) is 1.02. The molecule has 1 aliphatic carbocycles. The molecule has 0 saturated heterocycles. The summed E-state index contributed by atoms with van der Waals surface area (Å²) in [7, 11) is 0. The molecule has 0 radical (unpaired) electrons. The van der Waals surface area contributed by atoms with Crippen LogP contribution in [-0.4, -0.2) is 13.2 Å². The minimum Gasteiger partial charge on any atom is -0.494 e. The highest BCUT2D eigenvalue weighted by atomic mass is 16.5. The first-order valence-corrected chi connectivity index (χ1v) is 21.8. The zero-order valence-electron chi connectivity index (χ0n) is 34.8. The molecule has 0 heterocycles. The van der Waals surface area contributed by atoms with Crippen molar-refractivity contribution in [3.05, 3.63) is 193 Å². The van der Waals surface area contributed by atoms with E-state index in [2.05, 4.69) is 189 Å². The van der Waals surface area contributed by atoms with Crippen LogP contribution in [0.5, 0.6) is 11.5 Å². The third-order valence-corrected chi connectivity index (χ3v) is 12.9. The lowest BCUT2D eigenvalue weighted by Crippen LogP contribution is -1.97. The molecule has 0 aliphatic heterocycles. The number of hydrogen-bond donors (Lipinski definition) is 0. The second kappa shape index (κ2) is 15.1. The molecule has 11 rings (SSSR count). The van der Waals surface area contributed by atoms with Gasteiger partial charge in [0.05, 0.1) is 13.2 Å². The van der Waals surface area contributed by atoms with Gasteiger partial charge in [-0.25, -0.2) is 0 Å². The van der Waals surface area contributed by atoms with Gasteiger partial charge in [0.1, 0.15) is 11.5 Å². The SMILES string of the molecule is CCOc1ccc(-c2c3ccccc3c(-c3ccc4c(c3)C(CC)c3cc(-c5c6ccccc6c(-c6ccc(OCC)cc6)c6ccccc56)ccc3-4)c3ccccc23)cc1. The first kappa shape index (κ1) is 36.9. The van der Waals surface area contributed by atoms with E-state index in [1.165, 1.54) is 110 Å². The summed E-state index contributed by atoms with van der Waals surface area (Å²) in [6, 6.07) is 67.4. The van der Waals surface area contributed by atoms with Crippen molar-refractivity contribution in [2.75, 3.05) is 13.2 Å². The molecule has 0 N–H and O–H groups in total. The Morgan fingerprint density at radius 3 is 0.885 bits per heavy atom. The molecule has 10 aromatic carbocycles. The van der Waals surface area contributed by atoms with Gasteiger partial charge in [-0.1, -0.05) is 153 Å². The van der Waals surface area contributed by atoms with Gasteiger partial charge >= 0.3 is 0 Å². The minimum atomic E-state index is 0.284. The van der Waals surface area contributed by atoms with Crippen molar-refractivity contribution in [3.63, 3.8) is 0 Å². The van der Waals surface area contributed by atoms with E-state index in [-0.39, 0.29) is 5.92 Å². The van der Waals surface area contributed by atoms with Crippen molar-refractivity contribution < 1.29 is 9.47 Å². The van der Waals surface area contributed by atoms with Crippen molar-refractivity contribution in [2.24, 2.45) is 0 Å². The Labute approximate surface area is 357 Å². The fourth-order valence-electron chi connectivity index (χ4n) is 10.4. The lowest BCUT2D eigenvalue weighted by atomic mass is 9.84. The topological polar surface area (TPSA) is 18.5 Å². The largest absolute Gasteiger partial charge is 0.494 e. The van der Waals surface area contributed by atoms with Crippen molar-refractivity contribution >= 4 is 43.1 Å². The van der Waals surface area contributed by atoms with Crippen LogP contribution in [0.1, 0.15) is 44.2 Å². The average Bonchev–Trinajstić information content (AvgIpc) is 3.62. The van der Waals surface area contributed by atoms with E-state index in [4.69, 9.17) is 9.47 Å². The molecule has 0 atom stereocenters. The highest BCUT2D eigenvalue weighted by molar-refractivity contribution is 6.23. The Hall–Kier alpha value is -7.16. The minimum absolute atomic E-state index is 0.284.